The van der Waals surface area contributed by atoms with Gasteiger partial charge in [-0.2, -0.15) is 5.10 Å². The van der Waals surface area contributed by atoms with Crippen molar-refractivity contribution in [2.75, 3.05) is 0 Å². The van der Waals surface area contributed by atoms with E-state index in [0.717, 1.165) is 17.5 Å². The van der Waals surface area contributed by atoms with Crippen LogP contribution in [0.15, 0.2) is 41.3 Å². The van der Waals surface area contributed by atoms with E-state index < -0.39 is 0 Å². The fraction of sp³-hybridized carbons (Fsp3) is 0.286. The number of aromatic amines is 1. The molecular formula is C14H16N2O. The molecule has 2 aromatic rings. The van der Waals surface area contributed by atoms with Gasteiger partial charge >= 0.3 is 0 Å². The van der Waals surface area contributed by atoms with Crippen molar-refractivity contribution in [1.29, 1.82) is 0 Å². The van der Waals surface area contributed by atoms with Crippen LogP contribution in [0.3, 0.4) is 0 Å². The highest BCUT2D eigenvalue weighted by atomic mass is 16.1. The standard InChI is InChI=1S/C14H16N2O/c1-10(2)6-11-4-3-5-12(7-11)13-8-14(17)16-15-9-13/h3-5,7-10H,6H2,1-2H3,(H,16,17). The molecule has 3 nitrogen and oxygen atoms in total. The van der Waals surface area contributed by atoms with Gasteiger partial charge in [0, 0.05) is 11.6 Å². The maximum atomic E-state index is 11.2. The van der Waals surface area contributed by atoms with Crippen LogP contribution in [-0.4, -0.2) is 10.2 Å². The normalized spacial score (nSPS) is 10.8. The Bertz CT molecular complexity index is 558. The highest BCUT2D eigenvalue weighted by Gasteiger charge is 2.02. The van der Waals surface area contributed by atoms with Crippen molar-refractivity contribution < 1.29 is 0 Å². The smallest absolute Gasteiger partial charge is 0.264 e. The highest BCUT2D eigenvalue weighted by Crippen LogP contribution is 2.19. The largest absolute Gasteiger partial charge is 0.268 e. The summed E-state index contributed by atoms with van der Waals surface area (Å²) in [6.45, 7) is 4.39. The Morgan fingerprint density at radius 3 is 2.76 bits per heavy atom. The lowest BCUT2D eigenvalue weighted by atomic mass is 9.99. The molecule has 0 aliphatic carbocycles. The van der Waals surface area contributed by atoms with Crippen molar-refractivity contribution in [3.05, 3.63) is 52.4 Å². The van der Waals surface area contributed by atoms with Gasteiger partial charge in [0.1, 0.15) is 0 Å². The average molecular weight is 228 g/mol. The SMILES string of the molecule is CC(C)Cc1cccc(-c2cn[nH]c(=O)c2)c1. The predicted molar refractivity (Wildman–Crippen MR) is 68.8 cm³/mol. The minimum absolute atomic E-state index is 0.170. The topological polar surface area (TPSA) is 45.8 Å². The molecule has 0 radical (unpaired) electrons. The number of nitrogens with zero attached hydrogens (tertiary/aromatic N) is 1. The fourth-order valence-corrected chi connectivity index (χ4v) is 1.88. The molecule has 0 spiro atoms. The van der Waals surface area contributed by atoms with Gasteiger partial charge in [-0.1, -0.05) is 38.1 Å². The maximum Gasteiger partial charge on any atom is 0.264 e. The number of hydrogen-bond acceptors (Lipinski definition) is 2. The zero-order chi connectivity index (χ0) is 12.3. The van der Waals surface area contributed by atoms with Crippen LogP contribution in [0.25, 0.3) is 11.1 Å². The lowest BCUT2D eigenvalue weighted by molar-refractivity contribution is 0.647. The fourth-order valence-electron chi connectivity index (χ4n) is 1.88. The number of benzene rings is 1. The van der Waals surface area contributed by atoms with Crippen LogP contribution >= 0.6 is 0 Å². The first-order valence-corrected chi connectivity index (χ1v) is 5.79. The molecule has 3 heteroatoms. The second kappa shape index (κ2) is 4.95. The number of aromatic nitrogens is 2. The Labute approximate surface area is 101 Å². The lowest BCUT2D eigenvalue weighted by Gasteiger charge is -2.07. The van der Waals surface area contributed by atoms with E-state index in [2.05, 4.69) is 36.2 Å². The van der Waals surface area contributed by atoms with Crippen LogP contribution in [0, 0.1) is 5.92 Å². The number of nitrogens with one attached hydrogen (secondary N) is 1. The van der Waals surface area contributed by atoms with Gasteiger partial charge in [0.2, 0.25) is 0 Å². The summed E-state index contributed by atoms with van der Waals surface area (Å²) >= 11 is 0. The van der Waals surface area contributed by atoms with Gasteiger partial charge in [-0.15, -0.1) is 0 Å². The Balaban J connectivity index is 2.36. The van der Waals surface area contributed by atoms with Crippen LogP contribution in [0.4, 0.5) is 0 Å². The maximum absolute atomic E-state index is 11.2. The molecule has 0 saturated carbocycles. The molecular weight excluding hydrogens is 212 g/mol. The highest BCUT2D eigenvalue weighted by molar-refractivity contribution is 5.62. The third kappa shape index (κ3) is 3.03. The van der Waals surface area contributed by atoms with Crippen molar-refractivity contribution in [2.24, 2.45) is 5.92 Å². The summed E-state index contributed by atoms with van der Waals surface area (Å²) < 4.78 is 0. The van der Waals surface area contributed by atoms with E-state index in [9.17, 15) is 4.79 Å². The molecule has 2 rings (SSSR count). The second-order valence-corrected chi connectivity index (χ2v) is 4.63. The van der Waals surface area contributed by atoms with E-state index in [-0.39, 0.29) is 5.56 Å². The van der Waals surface area contributed by atoms with Crippen molar-refractivity contribution in [3.8, 4) is 11.1 Å². The summed E-state index contributed by atoms with van der Waals surface area (Å²) in [6.07, 6.45) is 2.72. The molecule has 0 aliphatic heterocycles. The van der Waals surface area contributed by atoms with Gasteiger partial charge in [0.05, 0.1) is 6.20 Å². The minimum atomic E-state index is -0.170. The lowest BCUT2D eigenvalue weighted by Crippen LogP contribution is -2.05. The van der Waals surface area contributed by atoms with Crippen molar-refractivity contribution in [3.63, 3.8) is 0 Å². The summed E-state index contributed by atoms with van der Waals surface area (Å²) in [4.78, 5) is 11.2. The molecule has 17 heavy (non-hydrogen) atoms. The Morgan fingerprint density at radius 2 is 2.06 bits per heavy atom. The predicted octanol–water partition coefficient (Wildman–Crippen LogP) is 2.64. The number of H-pyrrole nitrogens is 1. The number of rotatable bonds is 3. The monoisotopic (exact) mass is 228 g/mol. The first kappa shape index (κ1) is 11.6. The van der Waals surface area contributed by atoms with Gasteiger partial charge in [0.15, 0.2) is 0 Å². The molecule has 0 amide bonds. The first-order chi connectivity index (χ1) is 8.15. The Morgan fingerprint density at radius 1 is 1.24 bits per heavy atom. The van der Waals surface area contributed by atoms with Crippen LogP contribution in [0.5, 0.6) is 0 Å². The van der Waals surface area contributed by atoms with Crippen molar-refractivity contribution in [1.82, 2.24) is 10.2 Å². The van der Waals surface area contributed by atoms with E-state index in [1.165, 1.54) is 5.56 Å². The quantitative estimate of drug-likeness (QED) is 0.877. The van der Waals surface area contributed by atoms with E-state index in [4.69, 9.17) is 0 Å². The molecule has 0 aliphatic rings. The van der Waals surface area contributed by atoms with E-state index in [1.807, 2.05) is 12.1 Å². The van der Waals surface area contributed by atoms with Crippen LogP contribution in [0.2, 0.25) is 0 Å². The van der Waals surface area contributed by atoms with Gasteiger partial charge in [-0.05, 0) is 23.5 Å². The van der Waals surface area contributed by atoms with Crippen molar-refractivity contribution >= 4 is 0 Å². The Kier molecular flexibility index (Phi) is 3.38. The molecule has 0 fully saturated rings. The molecule has 1 N–H and O–H groups in total. The molecule has 1 heterocycles. The van der Waals surface area contributed by atoms with E-state index in [1.54, 1.807) is 12.3 Å². The first-order valence-electron chi connectivity index (χ1n) is 5.79. The van der Waals surface area contributed by atoms with Crippen LogP contribution in [-0.2, 0) is 6.42 Å². The molecule has 0 unspecified atom stereocenters. The number of hydrogen-bond donors (Lipinski definition) is 1. The summed E-state index contributed by atoms with van der Waals surface area (Å²) in [7, 11) is 0. The molecule has 0 bridgehead atoms. The third-order valence-corrected chi connectivity index (χ3v) is 2.57. The zero-order valence-corrected chi connectivity index (χ0v) is 10.1. The van der Waals surface area contributed by atoms with Crippen molar-refractivity contribution in [2.45, 2.75) is 20.3 Å². The average Bonchev–Trinajstić information content (AvgIpc) is 2.28. The van der Waals surface area contributed by atoms with Crippen LogP contribution < -0.4 is 5.56 Å². The second-order valence-electron chi connectivity index (χ2n) is 4.63. The van der Waals surface area contributed by atoms with Gasteiger partial charge in [-0.3, -0.25) is 4.79 Å². The van der Waals surface area contributed by atoms with E-state index in [0.29, 0.717) is 5.92 Å². The summed E-state index contributed by atoms with van der Waals surface area (Å²) in [6, 6.07) is 9.83. The zero-order valence-electron chi connectivity index (χ0n) is 10.1. The van der Waals surface area contributed by atoms with Crippen LogP contribution in [0.1, 0.15) is 19.4 Å². The summed E-state index contributed by atoms with van der Waals surface area (Å²) in [5, 5.41) is 6.20. The van der Waals surface area contributed by atoms with E-state index >= 15 is 0 Å². The summed E-state index contributed by atoms with van der Waals surface area (Å²) in [5.41, 5.74) is 3.02. The molecule has 88 valence electrons. The molecule has 1 aromatic heterocycles. The van der Waals surface area contributed by atoms with Gasteiger partial charge in [-0.25, -0.2) is 5.10 Å². The third-order valence-electron chi connectivity index (χ3n) is 2.57. The molecule has 0 atom stereocenters. The molecule has 0 saturated heterocycles. The molecule has 1 aromatic carbocycles. The van der Waals surface area contributed by atoms with Gasteiger partial charge < -0.3 is 0 Å². The Hall–Kier alpha value is -1.90. The van der Waals surface area contributed by atoms with Gasteiger partial charge in [0.25, 0.3) is 5.56 Å². The summed E-state index contributed by atoms with van der Waals surface area (Å²) in [5.74, 6) is 0.627. The minimum Gasteiger partial charge on any atom is -0.268 e.